The van der Waals surface area contributed by atoms with E-state index in [1.165, 1.54) is 4.90 Å². The number of aliphatic hydroxyl groups excluding tert-OH is 1. The molecule has 1 saturated heterocycles. The summed E-state index contributed by atoms with van der Waals surface area (Å²) >= 11 is 1.63. The predicted molar refractivity (Wildman–Crippen MR) is 117 cm³/mol. The molecule has 1 aliphatic heterocycles. The van der Waals surface area contributed by atoms with Gasteiger partial charge in [-0.25, -0.2) is 9.67 Å². The molecule has 1 aliphatic rings. The molecule has 2 aromatic heterocycles. The van der Waals surface area contributed by atoms with Crippen LogP contribution in [0.4, 0.5) is 0 Å². The maximum atomic E-state index is 12.2. The van der Waals surface area contributed by atoms with Crippen molar-refractivity contribution in [1.82, 2.24) is 29.8 Å². The van der Waals surface area contributed by atoms with Gasteiger partial charge in [0.2, 0.25) is 0 Å². The Balaban J connectivity index is 1.61. The van der Waals surface area contributed by atoms with Gasteiger partial charge in [0.25, 0.3) is 5.91 Å². The number of benzene rings is 1. The van der Waals surface area contributed by atoms with Crippen molar-refractivity contribution in [3.05, 3.63) is 41.2 Å². The normalized spacial score (nSPS) is 21.3. The molecule has 3 aromatic rings. The Bertz CT molecular complexity index is 1050. The van der Waals surface area contributed by atoms with E-state index in [1.54, 1.807) is 36.3 Å². The number of rotatable bonds is 7. The van der Waals surface area contributed by atoms with Crippen molar-refractivity contribution in [1.29, 1.82) is 0 Å². The van der Waals surface area contributed by atoms with Crippen LogP contribution in [-0.4, -0.2) is 80.4 Å². The molecule has 1 amide bonds. The summed E-state index contributed by atoms with van der Waals surface area (Å²) in [4.78, 5) is 32.3. The molecule has 1 N–H and O–H groups in total. The highest BCUT2D eigenvalue weighted by atomic mass is 32.1. The minimum Gasteiger partial charge on any atom is -0.392 e. The maximum absolute atomic E-state index is 12.2. The van der Waals surface area contributed by atoms with Crippen LogP contribution in [0.25, 0.3) is 10.2 Å². The molecule has 164 valence electrons. The number of likely N-dealkylation sites (tertiary alicyclic amines) is 1. The largest absolute Gasteiger partial charge is 0.392 e. The third kappa shape index (κ3) is 4.36. The first-order chi connectivity index (χ1) is 14.9. The SMILES string of the molecule is CC(C=O)C(CN1CC(O)CC1c1nc2ccccc2s1)n1cc(C(=O)N(C)C)nn1. The molecule has 1 aromatic carbocycles. The van der Waals surface area contributed by atoms with Crippen molar-refractivity contribution in [2.75, 3.05) is 27.2 Å². The highest BCUT2D eigenvalue weighted by Crippen LogP contribution is 2.38. The highest BCUT2D eigenvalue weighted by molar-refractivity contribution is 7.18. The van der Waals surface area contributed by atoms with Gasteiger partial charge in [0, 0.05) is 33.1 Å². The number of para-hydroxylation sites is 1. The Hall–Kier alpha value is -2.69. The Morgan fingerprint density at radius 1 is 1.39 bits per heavy atom. The first-order valence-corrected chi connectivity index (χ1v) is 11.1. The van der Waals surface area contributed by atoms with Gasteiger partial charge >= 0.3 is 0 Å². The van der Waals surface area contributed by atoms with Crippen LogP contribution >= 0.6 is 11.3 Å². The molecule has 10 heteroatoms. The van der Waals surface area contributed by atoms with Crippen molar-refractivity contribution < 1.29 is 14.7 Å². The molecule has 3 heterocycles. The van der Waals surface area contributed by atoms with Crippen molar-refractivity contribution in [2.24, 2.45) is 5.92 Å². The average Bonchev–Trinajstić information content (AvgIpc) is 3.48. The van der Waals surface area contributed by atoms with Crippen LogP contribution in [0.5, 0.6) is 0 Å². The number of hydrogen-bond donors (Lipinski definition) is 1. The Labute approximate surface area is 184 Å². The highest BCUT2D eigenvalue weighted by Gasteiger charge is 2.37. The van der Waals surface area contributed by atoms with Crippen LogP contribution in [0.2, 0.25) is 0 Å². The van der Waals surface area contributed by atoms with Crippen molar-refractivity contribution in [3.8, 4) is 0 Å². The third-order valence-corrected chi connectivity index (χ3v) is 6.83. The predicted octanol–water partition coefficient (Wildman–Crippen LogP) is 1.77. The number of nitrogens with zero attached hydrogens (tertiary/aromatic N) is 6. The van der Waals surface area contributed by atoms with E-state index in [0.717, 1.165) is 21.5 Å². The summed E-state index contributed by atoms with van der Waals surface area (Å²) in [7, 11) is 3.31. The average molecular weight is 443 g/mol. The number of aromatic nitrogens is 4. The number of β-amino-alcohol motifs (C(OH)–C–C–N with tert-alkyl or cyclic N) is 1. The molecule has 0 saturated carbocycles. The van der Waals surface area contributed by atoms with Gasteiger partial charge in [-0.2, -0.15) is 0 Å². The van der Waals surface area contributed by atoms with E-state index < -0.39 is 6.10 Å². The fraction of sp³-hybridized carbons (Fsp3) is 0.476. The number of thiazole rings is 1. The van der Waals surface area contributed by atoms with Crippen LogP contribution in [-0.2, 0) is 4.79 Å². The number of amides is 1. The fourth-order valence-corrected chi connectivity index (χ4v) is 5.07. The van der Waals surface area contributed by atoms with Gasteiger partial charge in [0.05, 0.1) is 34.6 Å². The van der Waals surface area contributed by atoms with E-state index in [4.69, 9.17) is 4.98 Å². The fourth-order valence-electron chi connectivity index (χ4n) is 3.96. The summed E-state index contributed by atoms with van der Waals surface area (Å²) in [6.45, 7) is 2.79. The Morgan fingerprint density at radius 2 is 2.16 bits per heavy atom. The van der Waals surface area contributed by atoms with Gasteiger partial charge in [-0.1, -0.05) is 24.3 Å². The topological polar surface area (TPSA) is 104 Å². The van der Waals surface area contributed by atoms with Gasteiger partial charge < -0.3 is 14.8 Å². The lowest BCUT2D eigenvalue weighted by atomic mass is 10.0. The minimum absolute atomic E-state index is 0.0415. The molecule has 31 heavy (non-hydrogen) atoms. The number of aldehydes is 1. The third-order valence-electron chi connectivity index (χ3n) is 5.70. The zero-order valence-corrected chi connectivity index (χ0v) is 18.6. The van der Waals surface area contributed by atoms with Crippen molar-refractivity contribution >= 4 is 33.7 Å². The van der Waals surface area contributed by atoms with Crippen molar-refractivity contribution in [2.45, 2.75) is 31.5 Å². The number of carbonyl (C=O) groups excluding carboxylic acids is 2. The summed E-state index contributed by atoms with van der Waals surface area (Å²) in [6, 6.07) is 7.62. The summed E-state index contributed by atoms with van der Waals surface area (Å²) in [5.74, 6) is -0.592. The quantitative estimate of drug-likeness (QED) is 0.556. The monoisotopic (exact) mass is 442 g/mol. The standard InChI is InChI=1S/C21H26N6O3S/c1-13(12-28)18(27-10-16(23-24-27)21(30)25(2)3)11-26-9-14(29)8-17(26)20-22-15-6-4-5-7-19(15)31-20/h4-7,10,12-14,17-18,29H,8-9,11H2,1-3H3. The minimum atomic E-state index is -0.467. The molecular formula is C21H26N6O3S. The second-order valence-corrected chi connectivity index (χ2v) is 9.29. The van der Waals surface area contributed by atoms with E-state index in [2.05, 4.69) is 15.2 Å². The number of fused-ring (bicyclic) bond motifs is 1. The summed E-state index contributed by atoms with van der Waals surface area (Å²) < 4.78 is 2.70. The molecule has 1 fully saturated rings. The van der Waals surface area contributed by atoms with Gasteiger partial charge in [0.15, 0.2) is 5.69 Å². The van der Waals surface area contributed by atoms with Crippen LogP contribution in [0.3, 0.4) is 0 Å². The Kier molecular flexibility index (Phi) is 6.12. The van der Waals surface area contributed by atoms with Gasteiger partial charge in [-0.05, 0) is 18.6 Å². The molecule has 0 aliphatic carbocycles. The second kappa shape index (κ2) is 8.81. The molecule has 9 nitrogen and oxygen atoms in total. The van der Waals surface area contributed by atoms with Crippen LogP contribution in [0.15, 0.2) is 30.5 Å². The van der Waals surface area contributed by atoms with Crippen LogP contribution < -0.4 is 0 Å². The van der Waals surface area contributed by atoms with E-state index in [1.807, 2.05) is 31.2 Å². The van der Waals surface area contributed by atoms with E-state index in [-0.39, 0.29) is 29.6 Å². The van der Waals surface area contributed by atoms with Gasteiger partial charge in [-0.15, -0.1) is 16.4 Å². The first-order valence-electron chi connectivity index (χ1n) is 10.2. The molecule has 4 unspecified atom stereocenters. The second-order valence-electron chi connectivity index (χ2n) is 8.22. The number of carbonyl (C=O) groups is 2. The summed E-state index contributed by atoms with van der Waals surface area (Å²) in [5, 5.41) is 19.5. The number of aliphatic hydroxyl groups is 1. The summed E-state index contributed by atoms with van der Waals surface area (Å²) in [5.41, 5.74) is 1.18. The van der Waals surface area contributed by atoms with Crippen LogP contribution in [0.1, 0.15) is 40.9 Å². The maximum Gasteiger partial charge on any atom is 0.275 e. The van der Waals surface area contributed by atoms with Crippen LogP contribution in [0, 0.1) is 5.92 Å². The lowest BCUT2D eigenvalue weighted by Crippen LogP contribution is -2.35. The molecular weight excluding hydrogens is 416 g/mol. The smallest absolute Gasteiger partial charge is 0.275 e. The summed E-state index contributed by atoms with van der Waals surface area (Å²) in [6.07, 6.45) is 2.60. The zero-order valence-electron chi connectivity index (χ0n) is 17.8. The molecule has 4 rings (SSSR count). The van der Waals surface area contributed by atoms with Gasteiger partial charge in [0.1, 0.15) is 11.3 Å². The zero-order chi connectivity index (χ0) is 22.1. The lowest BCUT2D eigenvalue weighted by Gasteiger charge is -2.29. The van der Waals surface area contributed by atoms with E-state index in [0.29, 0.717) is 19.5 Å². The van der Waals surface area contributed by atoms with Gasteiger partial charge in [-0.3, -0.25) is 9.69 Å². The van der Waals surface area contributed by atoms with E-state index >= 15 is 0 Å². The lowest BCUT2D eigenvalue weighted by molar-refractivity contribution is -0.112. The molecule has 0 radical (unpaired) electrons. The van der Waals surface area contributed by atoms with Crippen molar-refractivity contribution in [3.63, 3.8) is 0 Å². The number of hydrogen-bond acceptors (Lipinski definition) is 8. The first kappa shape index (κ1) is 21.5. The molecule has 0 bridgehead atoms. The van der Waals surface area contributed by atoms with E-state index in [9.17, 15) is 14.7 Å². The Morgan fingerprint density at radius 3 is 2.87 bits per heavy atom. The molecule has 0 spiro atoms. The molecule has 4 atom stereocenters.